The van der Waals surface area contributed by atoms with Gasteiger partial charge in [-0.05, 0) is 44.0 Å². The van der Waals surface area contributed by atoms with Crippen molar-refractivity contribution in [2.24, 2.45) is 0 Å². The molecule has 1 aliphatic rings. The summed E-state index contributed by atoms with van der Waals surface area (Å²) in [6, 6.07) is 12.0. The maximum Gasteiger partial charge on any atom is 0.163 e. The van der Waals surface area contributed by atoms with Gasteiger partial charge >= 0.3 is 0 Å². The molecule has 4 heterocycles. The van der Waals surface area contributed by atoms with Crippen LogP contribution in [0.5, 0.6) is 0 Å². The van der Waals surface area contributed by atoms with Crippen LogP contribution in [0.4, 0.5) is 11.6 Å². The second kappa shape index (κ2) is 8.01. The van der Waals surface area contributed by atoms with Crippen LogP contribution >= 0.6 is 0 Å². The fourth-order valence-electron chi connectivity index (χ4n) is 3.37. The summed E-state index contributed by atoms with van der Waals surface area (Å²) in [5, 5.41) is 12.5. The van der Waals surface area contributed by atoms with Crippen molar-refractivity contribution >= 4 is 11.6 Å². The van der Waals surface area contributed by atoms with Gasteiger partial charge in [-0.25, -0.2) is 15.0 Å². The van der Waals surface area contributed by atoms with Crippen molar-refractivity contribution in [3.8, 4) is 17.5 Å². The zero-order valence-electron chi connectivity index (χ0n) is 15.7. The molecule has 0 bridgehead atoms. The van der Waals surface area contributed by atoms with Crippen molar-refractivity contribution in [1.29, 1.82) is 5.26 Å². The van der Waals surface area contributed by atoms with Crippen LogP contribution in [0, 0.1) is 18.3 Å². The molecule has 0 unspecified atom stereocenters. The minimum atomic E-state index is 0.352. The van der Waals surface area contributed by atoms with Gasteiger partial charge in [-0.2, -0.15) is 5.26 Å². The quantitative estimate of drug-likeness (QED) is 0.753. The zero-order valence-corrected chi connectivity index (χ0v) is 15.7. The Morgan fingerprint density at radius 2 is 2.00 bits per heavy atom. The summed E-state index contributed by atoms with van der Waals surface area (Å²) in [7, 11) is 0. The number of nitriles is 1. The van der Waals surface area contributed by atoms with Crippen LogP contribution in [0.15, 0.2) is 48.9 Å². The number of aromatic nitrogens is 4. The lowest BCUT2D eigenvalue weighted by Crippen LogP contribution is -2.39. The predicted molar refractivity (Wildman–Crippen MR) is 108 cm³/mol. The van der Waals surface area contributed by atoms with Crippen LogP contribution in [0.2, 0.25) is 0 Å². The first-order valence-electron chi connectivity index (χ1n) is 9.35. The molecule has 1 saturated heterocycles. The average Bonchev–Trinajstić information content (AvgIpc) is 2.75. The average molecular weight is 371 g/mol. The summed E-state index contributed by atoms with van der Waals surface area (Å²) in [4.78, 5) is 20.0. The Hall–Kier alpha value is -3.53. The largest absolute Gasteiger partial charge is 0.367 e. The zero-order chi connectivity index (χ0) is 19.3. The van der Waals surface area contributed by atoms with Crippen LogP contribution in [0.3, 0.4) is 0 Å². The molecule has 1 fully saturated rings. The number of anilines is 2. The van der Waals surface area contributed by atoms with Crippen molar-refractivity contribution in [2.75, 3.05) is 23.3 Å². The molecule has 0 aliphatic carbocycles. The van der Waals surface area contributed by atoms with E-state index < -0.39 is 0 Å². The second-order valence-corrected chi connectivity index (χ2v) is 6.88. The van der Waals surface area contributed by atoms with Crippen LogP contribution in [-0.2, 0) is 0 Å². The third-order valence-electron chi connectivity index (χ3n) is 4.82. The van der Waals surface area contributed by atoms with E-state index in [-0.39, 0.29) is 0 Å². The van der Waals surface area contributed by atoms with E-state index in [1.165, 1.54) is 0 Å². The number of nitrogens with zero attached hydrogens (tertiary/aromatic N) is 6. The van der Waals surface area contributed by atoms with Crippen LogP contribution in [0.25, 0.3) is 11.4 Å². The van der Waals surface area contributed by atoms with Crippen molar-refractivity contribution in [1.82, 2.24) is 19.9 Å². The molecule has 0 spiro atoms. The maximum absolute atomic E-state index is 8.90. The minimum absolute atomic E-state index is 0.352. The van der Waals surface area contributed by atoms with Gasteiger partial charge in [-0.15, -0.1) is 0 Å². The number of hydrogen-bond acceptors (Lipinski definition) is 7. The highest BCUT2D eigenvalue weighted by Crippen LogP contribution is 2.22. The molecule has 3 aromatic rings. The van der Waals surface area contributed by atoms with Gasteiger partial charge in [0.1, 0.15) is 17.7 Å². The first kappa shape index (κ1) is 17.9. The summed E-state index contributed by atoms with van der Waals surface area (Å²) >= 11 is 0. The summed E-state index contributed by atoms with van der Waals surface area (Å²) in [5.41, 5.74) is 2.43. The van der Waals surface area contributed by atoms with Crippen LogP contribution < -0.4 is 10.2 Å². The van der Waals surface area contributed by atoms with E-state index in [1.54, 1.807) is 18.6 Å². The van der Waals surface area contributed by atoms with E-state index in [0.29, 0.717) is 17.4 Å². The highest BCUT2D eigenvalue weighted by atomic mass is 15.2. The van der Waals surface area contributed by atoms with Crippen LogP contribution in [0.1, 0.15) is 24.1 Å². The molecule has 1 N–H and O–H groups in total. The van der Waals surface area contributed by atoms with E-state index in [1.807, 2.05) is 37.3 Å². The molecule has 0 atom stereocenters. The molecule has 140 valence electrons. The standard InChI is InChI=1S/C21H21N7/c1-15-11-19(27-21(25-15)17-3-2-8-23-14-17)26-18-6-9-28(10-7-18)20-5-4-16(12-22)13-24-20/h2-5,8,11,13-14,18H,6-7,9-10H2,1H3,(H,25,26,27). The van der Waals surface area contributed by atoms with Gasteiger partial charge in [-0.3, -0.25) is 4.98 Å². The molecule has 7 heteroatoms. The Labute approximate surface area is 164 Å². The number of pyridine rings is 2. The predicted octanol–water partition coefficient (Wildman–Crippen LogP) is 3.19. The molecular formula is C21H21N7. The van der Waals surface area contributed by atoms with E-state index >= 15 is 0 Å². The van der Waals surface area contributed by atoms with Gasteiger partial charge in [0, 0.05) is 55.0 Å². The number of piperidine rings is 1. The summed E-state index contributed by atoms with van der Waals surface area (Å²) < 4.78 is 0. The molecule has 4 rings (SSSR count). The molecule has 7 nitrogen and oxygen atoms in total. The second-order valence-electron chi connectivity index (χ2n) is 6.88. The lowest BCUT2D eigenvalue weighted by Gasteiger charge is -2.33. The van der Waals surface area contributed by atoms with E-state index in [9.17, 15) is 0 Å². The fraction of sp³-hybridized carbons (Fsp3) is 0.286. The first-order chi connectivity index (χ1) is 13.7. The lowest BCUT2D eigenvalue weighted by molar-refractivity contribution is 0.522. The molecule has 0 radical (unpaired) electrons. The number of aryl methyl sites for hydroxylation is 1. The summed E-state index contributed by atoms with van der Waals surface area (Å²) in [6.07, 6.45) is 7.14. The highest BCUT2D eigenvalue weighted by Gasteiger charge is 2.20. The van der Waals surface area contributed by atoms with E-state index in [0.717, 1.165) is 48.8 Å². The Morgan fingerprint density at radius 3 is 2.68 bits per heavy atom. The number of nitrogens with one attached hydrogen (secondary N) is 1. The highest BCUT2D eigenvalue weighted by molar-refractivity contribution is 5.56. The normalized spacial score (nSPS) is 14.5. The Balaban J connectivity index is 1.41. The molecule has 28 heavy (non-hydrogen) atoms. The monoisotopic (exact) mass is 371 g/mol. The van der Waals surface area contributed by atoms with Gasteiger partial charge < -0.3 is 10.2 Å². The van der Waals surface area contributed by atoms with Gasteiger partial charge in [0.15, 0.2) is 5.82 Å². The molecule has 1 aliphatic heterocycles. The molecule has 0 aromatic carbocycles. The number of hydrogen-bond donors (Lipinski definition) is 1. The molecule has 0 saturated carbocycles. The van der Waals surface area contributed by atoms with Crippen molar-refractivity contribution in [3.05, 3.63) is 60.2 Å². The van der Waals surface area contributed by atoms with Crippen LogP contribution in [-0.4, -0.2) is 39.1 Å². The minimum Gasteiger partial charge on any atom is -0.367 e. The fourth-order valence-corrected chi connectivity index (χ4v) is 3.37. The van der Waals surface area contributed by atoms with Crippen molar-refractivity contribution in [2.45, 2.75) is 25.8 Å². The lowest BCUT2D eigenvalue weighted by atomic mass is 10.0. The van der Waals surface area contributed by atoms with Crippen molar-refractivity contribution in [3.63, 3.8) is 0 Å². The topological polar surface area (TPSA) is 90.6 Å². The van der Waals surface area contributed by atoms with Gasteiger partial charge in [0.05, 0.1) is 5.56 Å². The molecule has 3 aromatic heterocycles. The van der Waals surface area contributed by atoms with Gasteiger partial charge in [0.25, 0.3) is 0 Å². The smallest absolute Gasteiger partial charge is 0.163 e. The summed E-state index contributed by atoms with van der Waals surface area (Å²) in [6.45, 7) is 3.80. The SMILES string of the molecule is Cc1cc(NC2CCN(c3ccc(C#N)cn3)CC2)nc(-c2cccnc2)n1. The Kier molecular flexibility index (Phi) is 5.11. The third-order valence-corrected chi connectivity index (χ3v) is 4.82. The van der Waals surface area contributed by atoms with Crippen molar-refractivity contribution < 1.29 is 0 Å². The van der Waals surface area contributed by atoms with Gasteiger partial charge in [-0.1, -0.05) is 0 Å². The van der Waals surface area contributed by atoms with Gasteiger partial charge in [0.2, 0.25) is 0 Å². The first-order valence-corrected chi connectivity index (χ1v) is 9.35. The third kappa shape index (κ3) is 4.07. The maximum atomic E-state index is 8.90. The Morgan fingerprint density at radius 1 is 1.14 bits per heavy atom. The van der Waals surface area contributed by atoms with E-state index in [4.69, 9.17) is 5.26 Å². The Bertz CT molecular complexity index is 972. The summed E-state index contributed by atoms with van der Waals surface area (Å²) in [5.74, 6) is 2.46. The molecular weight excluding hydrogens is 350 g/mol. The molecule has 0 amide bonds. The number of rotatable bonds is 4. The van der Waals surface area contributed by atoms with E-state index in [2.05, 4.69) is 36.2 Å².